The molecule has 0 heterocycles. The van der Waals surface area contributed by atoms with Gasteiger partial charge in [-0.3, -0.25) is 0 Å². The molecule has 0 aliphatic heterocycles. The molecule has 0 bridgehead atoms. The lowest BCUT2D eigenvalue weighted by Crippen LogP contribution is -2.28. The first-order valence-electron chi connectivity index (χ1n) is 6.09. The van der Waals surface area contributed by atoms with E-state index in [1.165, 1.54) is 12.3 Å². The predicted molar refractivity (Wildman–Crippen MR) is 55.4 cm³/mol. The van der Waals surface area contributed by atoms with Crippen molar-refractivity contribution < 1.29 is 0 Å². The molecule has 74 valence electrons. The van der Waals surface area contributed by atoms with Crippen LogP contribution in [-0.2, 0) is 0 Å². The zero-order valence-electron chi connectivity index (χ0n) is 9.22. The van der Waals surface area contributed by atoms with E-state index in [2.05, 4.69) is 20.8 Å². The molecule has 0 aromatic rings. The van der Waals surface area contributed by atoms with E-state index in [4.69, 9.17) is 0 Å². The van der Waals surface area contributed by atoms with E-state index in [9.17, 15) is 0 Å². The minimum atomic E-state index is 0.651. The molecule has 3 saturated carbocycles. The molecule has 0 heteroatoms. The smallest absolute Gasteiger partial charge is 0.0297 e. The molecule has 3 rings (SSSR count). The highest BCUT2D eigenvalue weighted by Crippen LogP contribution is 2.64. The Bertz CT molecular complexity index is 228. The van der Waals surface area contributed by atoms with Crippen molar-refractivity contribution in [3.05, 3.63) is 0 Å². The van der Waals surface area contributed by atoms with Crippen LogP contribution in [0.5, 0.6) is 0 Å². The summed E-state index contributed by atoms with van der Waals surface area (Å²) in [5.74, 6) is 5.48. The molecule has 0 nitrogen and oxygen atoms in total. The van der Waals surface area contributed by atoms with Crippen LogP contribution >= 0.6 is 0 Å². The van der Waals surface area contributed by atoms with Crippen LogP contribution in [0.4, 0.5) is 0 Å². The van der Waals surface area contributed by atoms with Gasteiger partial charge in [-0.2, -0.15) is 0 Å². The Kier molecular flexibility index (Phi) is 1.49. The van der Waals surface area contributed by atoms with Gasteiger partial charge in [-0.25, -0.2) is 0 Å². The number of hydrogen-bond acceptors (Lipinski definition) is 0. The molecule has 0 aromatic carbocycles. The normalized spacial score (nSPS) is 57.0. The Labute approximate surface area is 82.1 Å². The van der Waals surface area contributed by atoms with Crippen molar-refractivity contribution in [2.75, 3.05) is 0 Å². The molecule has 0 radical (unpaired) electrons. The van der Waals surface area contributed by atoms with Crippen LogP contribution in [0.15, 0.2) is 0 Å². The summed E-state index contributed by atoms with van der Waals surface area (Å²) in [5, 5.41) is 0. The molecule has 3 aliphatic carbocycles. The van der Waals surface area contributed by atoms with E-state index in [1.807, 2.05) is 0 Å². The number of hydrogen-bond donors (Lipinski definition) is 0. The first-order chi connectivity index (χ1) is 6.09. The second-order valence-corrected chi connectivity index (χ2v) is 6.55. The van der Waals surface area contributed by atoms with Crippen LogP contribution in [-0.4, -0.2) is 0 Å². The van der Waals surface area contributed by atoms with E-state index in [0.717, 1.165) is 23.7 Å². The molecule has 5 unspecified atom stereocenters. The number of fused-ring (bicyclic) bond motifs is 2. The van der Waals surface area contributed by atoms with Crippen molar-refractivity contribution in [3.63, 3.8) is 0 Å². The summed E-state index contributed by atoms with van der Waals surface area (Å²) >= 11 is 0. The van der Waals surface area contributed by atoms with E-state index >= 15 is 0 Å². The van der Waals surface area contributed by atoms with Crippen molar-refractivity contribution >= 4 is 0 Å². The minimum absolute atomic E-state index is 0.651. The van der Waals surface area contributed by atoms with Gasteiger partial charge < -0.3 is 0 Å². The molecule has 3 aliphatic rings. The van der Waals surface area contributed by atoms with Crippen molar-refractivity contribution in [1.29, 1.82) is 0 Å². The summed E-state index contributed by atoms with van der Waals surface area (Å²) in [6, 6.07) is 0. The molecule has 0 aromatic heterocycles. The Balaban J connectivity index is 1.85. The third-order valence-electron chi connectivity index (χ3n) is 5.68. The van der Waals surface area contributed by atoms with Gasteiger partial charge in [0.05, 0.1) is 0 Å². The van der Waals surface area contributed by atoms with Crippen LogP contribution in [0.25, 0.3) is 0 Å². The van der Waals surface area contributed by atoms with Gasteiger partial charge in [0, 0.05) is 0 Å². The van der Waals surface area contributed by atoms with Gasteiger partial charge in [0.1, 0.15) is 0 Å². The molecular weight excluding hydrogens is 156 g/mol. The SMILES string of the molecule is CC1CC2CC3CC3CC2C1(C)C. The van der Waals surface area contributed by atoms with Crippen LogP contribution in [0, 0.1) is 35.0 Å². The van der Waals surface area contributed by atoms with E-state index in [-0.39, 0.29) is 0 Å². The molecular formula is C13H22. The molecule has 5 atom stereocenters. The second kappa shape index (κ2) is 2.32. The van der Waals surface area contributed by atoms with Crippen LogP contribution in [0.3, 0.4) is 0 Å². The minimum Gasteiger partial charge on any atom is -0.0620 e. The third kappa shape index (κ3) is 1.04. The maximum atomic E-state index is 2.52. The van der Waals surface area contributed by atoms with E-state index in [0.29, 0.717) is 5.41 Å². The van der Waals surface area contributed by atoms with Gasteiger partial charge in [-0.05, 0) is 60.7 Å². The maximum Gasteiger partial charge on any atom is -0.0297 e. The summed E-state index contributed by atoms with van der Waals surface area (Å²) < 4.78 is 0. The average Bonchev–Trinajstić information content (AvgIpc) is 2.75. The monoisotopic (exact) mass is 178 g/mol. The zero-order chi connectivity index (χ0) is 9.22. The first-order valence-corrected chi connectivity index (χ1v) is 6.09. The van der Waals surface area contributed by atoms with Crippen molar-refractivity contribution in [2.45, 2.75) is 46.5 Å². The van der Waals surface area contributed by atoms with Gasteiger partial charge in [0.25, 0.3) is 0 Å². The lowest BCUT2D eigenvalue weighted by Gasteiger charge is -2.35. The number of rotatable bonds is 0. The topological polar surface area (TPSA) is 0 Å². The molecule has 13 heavy (non-hydrogen) atoms. The van der Waals surface area contributed by atoms with Crippen molar-refractivity contribution in [1.82, 2.24) is 0 Å². The first kappa shape index (κ1) is 8.32. The second-order valence-electron chi connectivity index (χ2n) is 6.55. The fraction of sp³-hybridized carbons (Fsp3) is 1.00. The van der Waals surface area contributed by atoms with Gasteiger partial charge in [0.2, 0.25) is 0 Å². The van der Waals surface area contributed by atoms with Crippen molar-refractivity contribution in [3.8, 4) is 0 Å². The molecule has 0 spiro atoms. The zero-order valence-corrected chi connectivity index (χ0v) is 9.22. The molecule has 3 fully saturated rings. The highest BCUT2D eigenvalue weighted by atomic mass is 14.6. The van der Waals surface area contributed by atoms with Crippen LogP contribution < -0.4 is 0 Å². The lowest BCUT2D eigenvalue weighted by atomic mass is 9.70. The summed E-state index contributed by atoms with van der Waals surface area (Å²) in [4.78, 5) is 0. The fourth-order valence-electron chi connectivity index (χ4n) is 4.25. The fourth-order valence-corrected chi connectivity index (χ4v) is 4.25. The molecule has 0 N–H and O–H groups in total. The largest absolute Gasteiger partial charge is 0.0620 e. The lowest BCUT2D eigenvalue weighted by molar-refractivity contribution is 0.135. The summed E-state index contributed by atoms with van der Waals surface area (Å²) in [6.45, 7) is 7.51. The quantitative estimate of drug-likeness (QED) is 0.530. The Morgan fingerprint density at radius 3 is 2.23 bits per heavy atom. The maximum absolute atomic E-state index is 2.52. The Morgan fingerprint density at radius 2 is 1.46 bits per heavy atom. The summed E-state index contributed by atoms with van der Waals surface area (Å²) in [5.41, 5.74) is 0.651. The van der Waals surface area contributed by atoms with E-state index < -0.39 is 0 Å². The van der Waals surface area contributed by atoms with Gasteiger partial charge in [-0.15, -0.1) is 0 Å². The standard InChI is InChI=1S/C13H22/c1-8-4-11-6-9-5-10(9)7-12(11)13(8,2)3/h8-12H,4-7H2,1-3H3. The van der Waals surface area contributed by atoms with Crippen LogP contribution in [0.1, 0.15) is 46.5 Å². The highest BCUT2D eigenvalue weighted by Gasteiger charge is 2.55. The molecule has 0 saturated heterocycles. The third-order valence-corrected chi connectivity index (χ3v) is 5.68. The van der Waals surface area contributed by atoms with Gasteiger partial charge in [0.15, 0.2) is 0 Å². The average molecular weight is 178 g/mol. The Morgan fingerprint density at radius 1 is 0.846 bits per heavy atom. The van der Waals surface area contributed by atoms with Crippen LogP contribution in [0.2, 0.25) is 0 Å². The predicted octanol–water partition coefficient (Wildman–Crippen LogP) is 3.71. The highest BCUT2D eigenvalue weighted by molar-refractivity contribution is 5.04. The van der Waals surface area contributed by atoms with E-state index in [1.54, 1.807) is 19.3 Å². The summed E-state index contributed by atoms with van der Waals surface area (Å²) in [7, 11) is 0. The van der Waals surface area contributed by atoms with Gasteiger partial charge >= 0.3 is 0 Å². The molecule has 0 amide bonds. The van der Waals surface area contributed by atoms with Gasteiger partial charge in [-0.1, -0.05) is 20.8 Å². The Hall–Kier alpha value is 0. The summed E-state index contributed by atoms with van der Waals surface area (Å²) in [6.07, 6.45) is 6.27. The van der Waals surface area contributed by atoms with Crippen molar-refractivity contribution in [2.24, 2.45) is 35.0 Å².